The van der Waals surface area contributed by atoms with Crippen LogP contribution in [-0.2, 0) is 19.1 Å². The molecule has 0 N–H and O–H groups in total. The summed E-state index contributed by atoms with van der Waals surface area (Å²) in [7, 11) is 1.11. The quantitative estimate of drug-likeness (QED) is 0.144. The molecule has 11 heteroatoms. The zero-order chi connectivity index (χ0) is 29.3. The molecule has 0 radical (unpaired) electrons. The molecular formula is C30H19F3NO6P. The number of cyclic esters (lactones) is 1. The van der Waals surface area contributed by atoms with Crippen molar-refractivity contribution in [1.82, 2.24) is 0 Å². The van der Waals surface area contributed by atoms with Crippen LogP contribution in [0.15, 0.2) is 103 Å². The van der Waals surface area contributed by atoms with E-state index in [1.54, 1.807) is 0 Å². The molecule has 0 aromatic heterocycles. The maximum absolute atomic E-state index is 14.2. The van der Waals surface area contributed by atoms with Gasteiger partial charge < -0.3 is 9.47 Å². The van der Waals surface area contributed by atoms with Crippen LogP contribution in [0.25, 0.3) is 5.76 Å². The lowest BCUT2D eigenvalue weighted by molar-refractivity contribution is -0.384. The van der Waals surface area contributed by atoms with Gasteiger partial charge in [0.1, 0.15) is 23.0 Å². The third kappa shape index (κ3) is 4.83. The molecular weight excluding hydrogens is 558 g/mol. The van der Waals surface area contributed by atoms with Crippen molar-refractivity contribution in [2.45, 2.75) is 0 Å². The highest BCUT2D eigenvalue weighted by atomic mass is 31.2. The molecule has 0 fully saturated rings. The number of methoxy groups -OCH3 is 1. The van der Waals surface area contributed by atoms with Crippen LogP contribution in [0.2, 0.25) is 0 Å². The Hall–Kier alpha value is -4.95. The highest BCUT2D eigenvalue weighted by Crippen LogP contribution is 2.51. The average Bonchev–Trinajstić information content (AvgIpc) is 3.32. The molecule has 1 heterocycles. The number of rotatable bonds is 6. The van der Waals surface area contributed by atoms with Crippen LogP contribution in [0.4, 0.5) is 18.9 Å². The van der Waals surface area contributed by atoms with Gasteiger partial charge in [0.15, 0.2) is 5.76 Å². The van der Waals surface area contributed by atoms with Crippen LogP contribution in [0, 0.1) is 27.6 Å². The number of benzene rings is 4. The molecule has 0 spiro atoms. The maximum Gasteiger partial charge on any atom is 0.345 e. The second kappa shape index (κ2) is 10.9. The number of carbonyl (C=O) groups is 2. The predicted octanol–water partition coefficient (Wildman–Crippen LogP) is 4.62. The lowest BCUT2D eigenvalue weighted by atomic mass is 10.1. The van der Waals surface area contributed by atoms with Crippen molar-refractivity contribution in [1.29, 1.82) is 0 Å². The van der Waals surface area contributed by atoms with E-state index in [-0.39, 0.29) is 27.9 Å². The lowest BCUT2D eigenvalue weighted by Gasteiger charge is -2.30. The minimum Gasteiger partial charge on any atom is -0.465 e. The molecule has 4 aromatic carbocycles. The second-order valence-corrected chi connectivity index (χ2v) is 12.2. The number of hydrogen-bond acceptors (Lipinski definition) is 6. The van der Waals surface area contributed by atoms with Gasteiger partial charge in [-0.25, -0.2) is 22.8 Å². The van der Waals surface area contributed by atoms with E-state index in [0.29, 0.717) is 15.9 Å². The largest absolute Gasteiger partial charge is 0.465 e. The molecule has 0 saturated heterocycles. The SMILES string of the molecule is COC(=O)C1=C(c2ccc([N+](=O)[O-])cc2)OC(=O)C1=P(c1ccc(F)cc1)(c1ccc(F)cc1)c1ccc(F)cc1. The lowest BCUT2D eigenvalue weighted by Crippen LogP contribution is -2.34. The number of non-ortho nitro benzene ring substituents is 1. The summed E-state index contributed by atoms with van der Waals surface area (Å²) >= 11 is 0. The molecule has 1 aliphatic heterocycles. The highest BCUT2D eigenvalue weighted by Gasteiger charge is 2.45. The fourth-order valence-corrected chi connectivity index (χ4v) is 9.07. The van der Waals surface area contributed by atoms with Crippen LogP contribution in [0.1, 0.15) is 5.56 Å². The van der Waals surface area contributed by atoms with E-state index in [1.165, 1.54) is 97.1 Å². The normalized spacial score (nSPS) is 13.3. The monoisotopic (exact) mass is 577 g/mol. The van der Waals surface area contributed by atoms with Gasteiger partial charge in [0.25, 0.3) is 5.69 Å². The van der Waals surface area contributed by atoms with E-state index in [1.807, 2.05) is 0 Å². The van der Waals surface area contributed by atoms with Gasteiger partial charge in [0.2, 0.25) is 0 Å². The van der Waals surface area contributed by atoms with Gasteiger partial charge in [0, 0.05) is 17.7 Å². The minimum absolute atomic E-state index is 0.150. The molecule has 0 saturated carbocycles. The van der Waals surface area contributed by atoms with Gasteiger partial charge in [-0.3, -0.25) is 10.1 Å². The van der Waals surface area contributed by atoms with Crippen molar-refractivity contribution in [3.05, 3.63) is 136 Å². The number of carbonyl (C=O) groups excluding carboxylic acids is 2. The van der Waals surface area contributed by atoms with Crippen LogP contribution in [0.5, 0.6) is 0 Å². The van der Waals surface area contributed by atoms with Crippen LogP contribution >= 0.6 is 6.89 Å². The second-order valence-electron chi connectivity index (χ2n) is 8.84. The number of nitro benzene ring substituents is 1. The van der Waals surface area contributed by atoms with E-state index >= 15 is 0 Å². The first kappa shape index (κ1) is 27.6. The fourth-order valence-electron chi connectivity index (χ4n) is 4.76. The molecule has 41 heavy (non-hydrogen) atoms. The Morgan fingerprint density at radius 1 is 0.756 bits per heavy atom. The molecule has 0 unspecified atom stereocenters. The topological polar surface area (TPSA) is 95.7 Å². The van der Waals surface area contributed by atoms with Gasteiger partial charge in [-0.1, -0.05) is 36.4 Å². The third-order valence-electron chi connectivity index (χ3n) is 6.56. The van der Waals surface area contributed by atoms with Crippen LogP contribution in [0.3, 0.4) is 0 Å². The minimum atomic E-state index is -3.55. The molecule has 0 atom stereocenters. The summed E-state index contributed by atoms with van der Waals surface area (Å²) in [6.45, 7) is -3.55. The van der Waals surface area contributed by atoms with E-state index in [2.05, 4.69) is 0 Å². The number of ether oxygens (including phenoxy) is 2. The van der Waals surface area contributed by atoms with Crippen molar-refractivity contribution >= 4 is 51.5 Å². The Bertz CT molecular complexity index is 1650. The highest BCUT2D eigenvalue weighted by molar-refractivity contribution is 7.97. The van der Waals surface area contributed by atoms with Crippen molar-refractivity contribution in [2.75, 3.05) is 7.11 Å². The van der Waals surface area contributed by atoms with Gasteiger partial charge in [-0.15, -0.1) is 0 Å². The molecule has 0 aliphatic carbocycles. The number of halogens is 3. The number of esters is 2. The molecule has 0 bridgehead atoms. The van der Waals surface area contributed by atoms with Crippen molar-refractivity contribution < 1.29 is 37.2 Å². The average molecular weight is 577 g/mol. The molecule has 7 nitrogen and oxygen atoms in total. The molecule has 1 aliphatic rings. The molecule has 0 amide bonds. The Labute approximate surface area is 231 Å². The van der Waals surface area contributed by atoms with Crippen molar-refractivity contribution in [3.8, 4) is 0 Å². The molecule has 4 aromatic rings. The molecule has 5 rings (SSSR count). The van der Waals surface area contributed by atoms with Gasteiger partial charge in [0.05, 0.1) is 17.3 Å². The Morgan fingerprint density at radius 2 is 1.17 bits per heavy atom. The first-order valence-electron chi connectivity index (χ1n) is 12.0. The van der Waals surface area contributed by atoms with E-state index in [9.17, 15) is 32.9 Å². The van der Waals surface area contributed by atoms with Gasteiger partial charge >= 0.3 is 11.9 Å². The van der Waals surface area contributed by atoms with Crippen molar-refractivity contribution in [3.63, 3.8) is 0 Å². The summed E-state index contributed by atoms with van der Waals surface area (Å²) in [5.41, 5.74) is -0.319. The van der Waals surface area contributed by atoms with Crippen LogP contribution < -0.4 is 15.9 Å². The van der Waals surface area contributed by atoms with E-state index in [0.717, 1.165) is 7.11 Å². The summed E-state index contributed by atoms with van der Waals surface area (Å²) in [6.07, 6.45) is 0. The summed E-state index contributed by atoms with van der Waals surface area (Å²) in [5.74, 6) is -3.81. The first-order chi connectivity index (χ1) is 19.7. The standard InChI is InChI=1S/C30H19F3NO6P/c1-39-29(35)26-27(18-2-10-22(11-3-18)34(37)38)40-30(36)28(26)41(23-12-4-19(31)5-13-23,24-14-6-20(32)7-15-24)25-16-8-21(33)9-17-25/h2-17H,1H3. The Kier molecular flexibility index (Phi) is 7.34. The zero-order valence-corrected chi connectivity index (χ0v) is 22.1. The Balaban J connectivity index is 2.01. The fraction of sp³-hybridized carbons (Fsp3) is 0.0333. The summed E-state index contributed by atoms with van der Waals surface area (Å²) in [6, 6.07) is 20.7. The van der Waals surface area contributed by atoms with Gasteiger partial charge in [-0.05, 0) is 71.3 Å². The molecule has 206 valence electrons. The smallest absolute Gasteiger partial charge is 0.345 e. The van der Waals surface area contributed by atoms with Gasteiger partial charge in [-0.2, -0.15) is 0 Å². The number of nitro groups is 1. The number of nitrogens with zero attached hydrogens (tertiary/aromatic N) is 1. The predicted molar refractivity (Wildman–Crippen MR) is 148 cm³/mol. The number of hydrogen-bond donors (Lipinski definition) is 0. The Morgan fingerprint density at radius 3 is 1.54 bits per heavy atom. The summed E-state index contributed by atoms with van der Waals surface area (Å²) < 4.78 is 53.2. The van der Waals surface area contributed by atoms with Crippen LogP contribution in [-0.4, -0.2) is 29.3 Å². The summed E-state index contributed by atoms with van der Waals surface area (Å²) in [4.78, 5) is 37.9. The maximum atomic E-state index is 14.2. The van der Waals surface area contributed by atoms with E-state index in [4.69, 9.17) is 9.47 Å². The van der Waals surface area contributed by atoms with E-state index < -0.39 is 41.2 Å². The van der Waals surface area contributed by atoms with Crippen molar-refractivity contribution in [2.24, 2.45) is 0 Å². The zero-order valence-electron chi connectivity index (χ0n) is 21.2. The summed E-state index contributed by atoms with van der Waals surface area (Å²) in [5, 5.41) is 12.2. The third-order valence-corrected chi connectivity index (χ3v) is 10.9. The first-order valence-corrected chi connectivity index (χ1v) is 13.8.